The van der Waals surface area contributed by atoms with E-state index in [2.05, 4.69) is 15.7 Å². The molecule has 1 saturated heterocycles. The highest BCUT2D eigenvalue weighted by Gasteiger charge is 2.34. The van der Waals surface area contributed by atoms with Crippen LogP contribution in [0.4, 0.5) is 0 Å². The van der Waals surface area contributed by atoms with E-state index in [1.54, 1.807) is 4.68 Å². The van der Waals surface area contributed by atoms with Gasteiger partial charge in [0, 0.05) is 38.8 Å². The zero-order chi connectivity index (χ0) is 15.5. The number of aromatic nitrogens is 2. The maximum atomic E-state index is 12.4. The van der Waals surface area contributed by atoms with Crippen LogP contribution >= 0.6 is 23.7 Å². The Hall–Kier alpha value is -1.41. The fourth-order valence-electron chi connectivity index (χ4n) is 2.85. The predicted octanol–water partition coefficient (Wildman–Crippen LogP) is 1.06. The SMILES string of the molecule is Cl.Cn1cc([C@H]2CNC[C@@H]2C(=O)NCC(O)c2ccsc2)cn1. The Bertz CT molecular complexity index is 631. The van der Waals surface area contributed by atoms with Crippen LogP contribution in [0.5, 0.6) is 0 Å². The molecule has 126 valence electrons. The van der Waals surface area contributed by atoms with Crippen molar-refractivity contribution in [1.82, 2.24) is 20.4 Å². The van der Waals surface area contributed by atoms with E-state index in [0.717, 1.165) is 17.7 Å². The number of rotatable bonds is 5. The third-order valence-electron chi connectivity index (χ3n) is 4.10. The first-order valence-corrected chi connectivity index (χ1v) is 8.26. The summed E-state index contributed by atoms with van der Waals surface area (Å²) < 4.78 is 1.75. The Labute approximate surface area is 145 Å². The van der Waals surface area contributed by atoms with Gasteiger partial charge in [-0.15, -0.1) is 12.4 Å². The molecule has 1 aliphatic rings. The maximum Gasteiger partial charge on any atom is 0.225 e. The summed E-state index contributed by atoms with van der Waals surface area (Å²) in [6.07, 6.45) is 3.12. The van der Waals surface area contributed by atoms with Gasteiger partial charge >= 0.3 is 0 Å². The van der Waals surface area contributed by atoms with E-state index in [9.17, 15) is 9.90 Å². The van der Waals surface area contributed by atoms with Gasteiger partial charge in [-0.3, -0.25) is 9.48 Å². The summed E-state index contributed by atoms with van der Waals surface area (Å²) in [7, 11) is 1.87. The lowest BCUT2D eigenvalue weighted by molar-refractivity contribution is -0.125. The van der Waals surface area contributed by atoms with Gasteiger partial charge in [0.1, 0.15) is 0 Å². The van der Waals surface area contributed by atoms with Gasteiger partial charge in [0.2, 0.25) is 5.91 Å². The first-order chi connectivity index (χ1) is 10.6. The molecule has 0 saturated carbocycles. The van der Waals surface area contributed by atoms with Crippen molar-refractivity contribution in [2.24, 2.45) is 13.0 Å². The lowest BCUT2D eigenvalue weighted by Gasteiger charge is -2.18. The van der Waals surface area contributed by atoms with E-state index in [1.165, 1.54) is 11.3 Å². The smallest absolute Gasteiger partial charge is 0.225 e. The van der Waals surface area contributed by atoms with Crippen molar-refractivity contribution in [2.45, 2.75) is 12.0 Å². The first-order valence-electron chi connectivity index (χ1n) is 7.32. The van der Waals surface area contributed by atoms with Crippen LogP contribution in [0.1, 0.15) is 23.1 Å². The molecule has 2 aromatic heterocycles. The number of carbonyl (C=O) groups excluding carboxylic acids is 1. The van der Waals surface area contributed by atoms with Crippen molar-refractivity contribution in [1.29, 1.82) is 0 Å². The van der Waals surface area contributed by atoms with Gasteiger partial charge in [0.15, 0.2) is 0 Å². The number of halogens is 1. The molecule has 3 heterocycles. The van der Waals surface area contributed by atoms with Crippen LogP contribution < -0.4 is 10.6 Å². The largest absolute Gasteiger partial charge is 0.387 e. The minimum atomic E-state index is -0.651. The summed E-state index contributed by atoms with van der Waals surface area (Å²) in [6, 6.07) is 1.87. The highest BCUT2D eigenvalue weighted by Crippen LogP contribution is 2.28. The third-order valence-corrected chi connectivity index (χ3v) is 4.80. The quantitative estimate of drug-likeness (QED) is 0.748. The Balaban J connectivity index is 0.00000192. The average molecular weight is 357 g/mol. The number of nitrogens with zero attached hydrogens (tertiary/aromatic N) is 2. The molecule has 0 spiro atoms. The number of thiophene rings is 1. The highest BCUT2D eigenvalue weighted by atomic mass is 35.5. The molecule has 3 atom stereocenters. The van der Waals surface area contributed by atoms with E-state index in [1.807, 2.05) is 36.3 Å². The summed E-state index contributed by atoms with van der Waals surface area (Å²) in [5, 5.41) is 24.2. The summed E-state index contributed by atoms with van der Waals surface area (Å²) in [5.41, 5.74) is 1.92. The molecule has 8 heteroatoms. The van der Waals surface area contributed by atoms with Crippen LogP contribution in [0.15, 0.2) is 29.2 Å². The molecular formula is C15H21ClN4O2S. The molecule has 1 aliphatic heterocycles. The molecule has 6 nitrogen and oxygen atoms in total. The Morgan fingerprint density at radius 3 is 3.09 bits per heavy atom. The van der Waals surface area contributed by atoms with E-state index in [-0.39, 0.29) is 36.7 Å². The van der Waals surface area contributed by atoms with Crippen molar-refractivity contribution < 1.29 is 9.90 Å². The minimum Gasteiger partial charge on any atom is -0.387 e. The average Bonchev–Trinajstić information content (AvgIpc) is 3.23. The van der Waals surface area contributed by atoms with Crippen molar-refractivity contribution in [2.75, 3.05) is 19.6 Å². The first kappa shape index (κ1) is 17.9. The van der Waals surface area contributed by atoms with Crippen LogP contribution in [0.2, 0.25) is 0 Å². The lowest BCUT2D eigenvalue weighted by Crippen LogP contribution is -2.36. The monoisotopic (exact) mass is 356 g/mol. The fourth-order valence-corrected chi connectivity index (χ4v) is 3.55. The molecule has 1 amide bonds. The summed E-state index contributed by atoms with van der Waals surface area (Å²) >= 11 is 1.54. The van der Waals surface area contributed by atoms with Gasteiger partial charge < -0.3 is 15.7 Å². The standard InChI is InChI=1S/C15H20N4O2S.ClH/c1-19-8-11(4-18-19)12-5-16-6-13(12)15(21)17-7-14(20)10-2-3-22-9-10;/h2-4,8-9,12-14,16,20H,5-7H2,1H3,(H,17,21);1H/t12-,13+,14?;/m1./s1. The van der Waals surface area contributed by atoms with E-state index in [0.29, 0.717) is 6.54 Å². The molecule has 0 radical (unpaired) electrons. The molecule has 2 aromatic rings. The molecule has 3 N–H and O–H groups in total. The summed E-state index contributed by atoms with van der Waals surface area (Å²) in [5.74, 6) is -0.0148. The molecule has 3 rings (SSSR count). The molecular weight excluding hydrogens is 336 g/mol. The maximum absolute atomic E-state index is 12.4. The number of carbonyl (C=O) groups is 1. The number of aliphatic hydroxyl groups excluding tert-OH is 1. The highest BCUT2D eigenvalue weighted by molar-refractivity contribution is 7.07. The number of aryl methyl sites for hydroxylation is 1. The second-order valence-electron chi connectivity index (χ2n) is 5.64. The van der Waals surface area contributed by atoms with Gasteiger partial charge in [-0.25, -0.2) is 0 Å². The second kappa shape index (κ2) is 7.92. The molecule has 0 bridgehead atoms. The third kappa shape index (κ3) is 4.11. The second-order valence-corrected chi connectivity index (χ2v) is 6.42. The van der Waals surface area contributed by atoms with Crippen LogP contribution in [0.3, 0.4) is 0 Å². The van der Waals surface area contributed by atoms with Crippen molar-refractivity contribution in [3.8, 4) is 0 Å². The lowest BCUT2D eigenvalue weighted by atomic mass is 9.90. The normalized spacial score (nSPS) is 21.7. The van der Waals surface area contributed by atoms with Crippen LogP contribution in [0.25, 0.3) is 0 Å². The zero-order valence-electron chi connectivity index (χ0n) is 12.8. The van der Waals surface area contributed by atoms with E-state index in [4.69, 9.17) is 0 Å². The fraction of sp³-hybridized carbons (Fsp3) is 0.467. The molecule has 0 aliphatic carbocycles. The molecule has 23 heavy (non-hydrogen) atoms. The number of aliphatic hydroxyl groups is 1. The predicted molar refractivity (Wildman–Crippen MR) is 91.8 cm³/mol. The van der Waals surface area contributed by atoms with E-state index >= 15 is 0 Å². The summed E-state index contributed by atoms with van der Waals surface area (Å²) in [4.78, 5) is 12.4. The zero-order valence-corrected chi connectivity index (χ0v) is 14.4. The number of hydrogen-bond donors (Lipinski definition) is 3. The van der Waals surface area contributed by atoms with Crippen LogP contribution in [-0.2, 0) is 11.8 Å². The van der Waals surface area contributed by atoms with Gasteiger partial charge in [-0.1, -0.05) is 0 Å². The van der Waals surface area contributed by atoms with Gasteiger partial charge in [0.05, 0.1) is 18.2 Å². The van der Waals surface area contributed by atoms with Crippen molar-refractivity contribution in [3.63, 3.8) is 0 Å². The Kier molecular flexibility index (Phi) is 6.17. The Morgan fingerprint density at radius 1 is 1.61 bits per heavy atom. The van der Waals surface area contributed by atoms with Crippen molar-refractivity contribution >= 4 is 29.7 Å². The minimum absolute atomic E-state index is 0. The number of nitrogens with one attached hydrogen (secondary N) is 2. The van der Waals surface area contributed by atoms with E-state index < -0.39 is 6.10 Å². The van der Waals surface area contributed by atoms with Crippen molar-refractivity contribution in [3.05, 3.63) is 40.3 Å². The van der Waals surface area contributed by atoms with Gasteiger partial charge in [-0.2, -0.15) is 16.4 Å². The topological polar surface area (TPSA) is 79.2 Å². The Morgan fingerprint density at radius 2 is 2.43 bits per heavy atom. The molecule has 1 unspecified atom stereocenters. The summed E-state index contributed by atoms with van der Waals surface area (Å²) in [6.45, 7) is 1.67. The molecule has 1 fully saturated rings. The number of hydrogen-bond acceptors (Lipinski definition) is 5. The van der Waals surface area contributed by atoms with Gasteiger partial charge in [0.25, 0.3) is 0 Å². The number of amides is 1. The van der Waals surface area contributed by atoms with Crippen LogP contribution in [0, 0.1) is 5.92 Å². The van der Waals surface area contributed by atoms with Crippen LogP contribution in [-0.4, -0.2) is 40.4 Å². The molecule has 0 aromatic carbocycles. The van der Waals surface area contributed by atoms with Gasteiger partial charge in [-0.05, 0) is 28.0 Å².